The number of halogens is 2. The van der Waals surface area contributed by atoms with Crippen molar-refractivity contribution in [3.63, 3.8) is 0 Å². The first-order chi connectivity index (χ1) is 17.1. The van der Waals surface area contributed by atoms with Crippen molar-refractivity contribution in [2.45, 2.75) is 45.1 Å². The largest absolute Gasteiger partial charge is 0.496 e. The van der Waals surface area contributed by atoms with E-state index in [1.807, 2.05) is 39.0 Å². The Balaban J connectivity index is 1.41. The molecule has 1 saturated heterocycles. The van der Waals surface area contributed by atoms with Gasteiger partial charge in [-0.3, -0.25) is 0 Å². The Kier molecular flexibility index (Phi) is 7.54. The molecule has 0 spiro atoms. The molecule has 1 aromatic heterocycles. The van der Waals surface area contributed by atoms with Crippen LogP contribution in [0.1, 0.15) is 45.1 Å². The smallest absolute Gasteiger partial charge is 0.410 e. The molecule has 1 amide bonds. The summed E-state index contributed by atoms with van der Waals surface area (Å²) in [6, 6.07) is 9.92. The molecule has 3 aromatic rings. The van der Waals surface area contributed by atoms with E-state index in [2.05, 4.69) is 9.88 Å². The zero-order valence-electron chi connectivity index (χ0n) is 21.7. The Bertz CT molecular complexity index is 1230. The number of benzene rings is 2. The minimum atomic E-state index is -0.506. The Morgan fingerprint density at radius 3 is 2.53 bits per heavy atom. The second kappa shape index (κ2) is 10.5. The van der Waals surface area contributed by atoms with Crippen molar-refractivity contribution < 1.29 is 23.0 Å². The molecule has 0 aliphatic carbocycles. The van der Waals surface area contributed by atoms with Gasteiger partial charge in [0.2, 0.25) is 0 Å². The Morgan fingerprint density at radius 1 is 1.14 bits per heavy atom. The molecule has 1 N–H and O–H groups in total. The van der Waals surface area contributed by atoms with Gasteiger partial charge in [0, 0.05) is 36.6 Å². The van der Waals surface area contributed by atoms with Gasteiger partial charge in [-0.15, -0.1) is 0 Å². The van der Waals surface area contributed by atoms with Crippen LogP contribution in [0.3, 0.4) is 0 Å². The first-order valence-corrected chi connectivity index (χ1v) is 12.4. The highest BCUT2D eigenvalue weighted by Gasteiger charge is 2.24. The summed E-state index contributed by atoms with van der Waals surface area (Å²) in [5.74, 6) is -0.116. The monoisotopic (exact) mass is 499 g/mol. The summed E-state index contributed by atoms with van der Waals surface area (Å²) in [6.07, 6.45) is 1.60. The van der Waals surface area contributed by atoms with Crippen LogP contribution in [0, 0.1) is 11.6 Å². The van der Waals surface area contributed by atoms with Crippen LogP contribution in [0.15, 0.2) is 36.4 Å². The van der Waals surface area contributed by atoms with Crippen LogP contribution in [0.4, 0.5) is 13.6 Å². The lowest BCUT2D eigenvalue weighted by molar-refractivity contribution is 0.0278. The molecule has 0 bridgehead atoms. The summed E-state index contributed by atoms with van der Waals surface area (Å²) < 4.78 is 40.1. The normalized spacial score (nSPS) is 15.3. The Morgan fingerprint density at radius 2 is 1.86 bits per heavy atom. The third-order valence-electron chi connectivity index (χ3n) is 6.71. The van der Waals surface area contributed by atoms with Gasteiger partial charge >= 0.3 is 6.09 Å². The number of aromatic amines is 1. The minimum absolute atomic E-state index is 0.224. The van der Waals surface area contributed by atoms with Crippen LogP contribution in [-0.2, 0) is 4.74 Å². The maximum absolute atomic E-state index is 15.5. The summed E-state index contributed by atoms with van der Waals surface area (Å²) in [4.78, 5) is 19.2. The molecule has 0 radical (unpaired) electrons. The van der Waals surface area contributed by atoms with Crippen molar-refractivity contribution in [1.82, 2.24) is 14.8 Å². The first kappa shape index (κ1) is 25.9. The molecule has 2 aromatic carbocycles. The minimum Gasteiger partial charge on any atom is -0.496 e. The average Bonchev–Trinajstić information content (AvgIpc) is 3.17. The molecule has 1 aliphatic rings. The number of ether oxygens (including phenoxy) is 2. The van der Waals surface area contributed by atoms with Crippen molar-refractivity contribution in [2.75, 3.05) is 40.3 Å². The molecule has 1 fully saturated rings. The molecule has 0 unspecified atom stereocenters. The van der Waals surface area contributed by atoms with E-state index < -0.39 is 17.2 Å². The Labute approximate surface area is 211 Å². The van der Waals surface area contributed by atoms with Crippen molar-refractivity contribution >= 4 is 17.0 Å². The maximum atomic E-state index is 15.5. The van der Waals surface area contributed by atoms with E-state index in [0.717, 1.165) is 38.0 Å². The molecule has 2 heterocycles. The number of carbonyl (C=O) groups excluding carboxylic acids is 1. The van der Waals surface area contributed by atoms with Crippen LogP contribution in [0.25, 0.3) is 22.2 Å². The summed E-state index contributed by atoms with van der Waals surface area (Å²) in [7, 11) is 3.24. The van der Waals surface area contributed by atoms with E-state index in [-0.39, 0.29) is 11.8 Å². The number of aromatic nitrogens is 1. The number of rotatable bonds is 6. The van der Waals surface area contributed by atoms with Gasteiger partial charge in [-0.25, -0.2) is 13.6 Å². The number of likely N-dealkylation sites (N-methyl/N-ethyl adjacent to an activating group) is 1. The molecule has 0 saturated carbocycles. The highest BCUT2D eigenvalue weighted by atomic mass is 19.1. The Hall–Kier alpha value is -3.13. The SMILES string of the molecule is COc1ccc(F)cc1-c1[nH]c2ccc(C3CCN(CCN(C)C(=O)OC(C)(C)C)CC3)cc2c1F. The molecule has 0 atom stereocenters. The summed E-state index contributed by atoms with van der Waals surface area (Å²) in [6.45, 7) is 8.79. The zero-order chi connectivity index (χ0) is 26.0. The number of hydrogen-bond acceptors (Lipinski definition) is 4. The number of nitrogens with zero attached hydrogens (tertiary/aromatic N) is 2. The predicted octanol–water partition coefficient (Wildman–Crippen LogP) is 6.17. The number of likely N-dealkylation sites (tertiary alicyclic amines) is 1. The number of hydrogen-bond donors (Lipinski definition) is 1. The number of amides is 1. The van der Waals surface area contributed by atoms with Gasteiger partial charge in [-0.05, 0) is 88.5 Å². The van der Waals surface area contributed by atoms with Gasteiger partial charge in [0.15, 0.2) is 5.82 Å². The van der Waals surface area contributed by atoms with Crippen molar-refractivity contribution in [3.8, 4) is 17.0 Å². The number of fused-ring (bicyclic) bond motifs is 1. The number of nitrogens with one attached hydrogen (secondary N) is 1. The van der Waals surface area contributed by atoms with Gasteiger partial charge in [-0.1, -0.05) is 6.07 Å². The van der Waals surface area contributed by atoms with Crippen LogP contribution >= 0.6 is 0 Å². The molecular weight excluding hydrogens is 464 g/mol. The van der Waals surface area contributed by atoms with Gasteiger partial charge in [0.05, 0.1) is 12.8 Å². The quantitative estimate of drug-likeness (QED) is 0.441. The highest BCUT2D eigenvalue weighted by Crippen LogP contribution is 2.37. The van der Waals surface area contributed by atoms with Crippen LogP contribution < -0.4 is 4.74 Å². The van der Waals surface area contributed by atoms with Crippen molar-refractivity contribution in [3.05, 3.63) is 53.6 Å². The number of piperidine rings is 1. The van der Waals surface area contributed by atoms with E-state index in [1.54, 1.807) is 11.9 Å². The van der Waals surface area contributed by atoms with Crippen molar-refractivity contribution in [2.24, 2.45) is 0 Å². The van der Waals surface area contributed by atoms with Gasteiger partial charge < -0.3 is 24.3 Å². The lowest BCUT2D eigenvalue weighted by Crippen LogP contribution is -2.41. The van der Waals surface area contributed by atoms with Crippen molar-refractivity contribution in [1.29, 1.82) is 0 Å². The third-order valence-corrected chi connectivity index (χ3v) is 6.71. The fourth-order valence-corrected chi connectivity index (χ4v) is 4.70. The van der Waals surface area contributed by atoms with E-state index >= 15 is 4.39 Å². The summed E-state index contributed by atoms with van der Waals surface area (Å²) in [5.41, 5.74) is 1.84. The molecule has 6 nitrogen and oxygen atoms in total. The zero-order valence-corrected chi connectivity index (χ0v) is 21.7. The second-order valence-electron chi connectivity index (χ2n) is 10.5. The van der Waals surface area contributed by atoms with Crippen LogP contribution in [0.5, 0.6) is 5.75 Å². The molecule has 4 rings (SSSR count). The maximum Gasteiger partial charge on any atom is 0.410 e. The average molecular weight is 500 g/mol. The lowest BCUT2D eigenvalue weighted by Gasteiger charge is -2.33. The number of H-pyrrole nitrogens is 1. The number of carbonyl (C=O) groups is 1. The molecule has 36 heavy (non-hydrogen) atoms. The molecule has 194 valence electrons. The van der Waals surface area contributed by atoms with Gasteiger partial charge in [0.25, 0.3) is 0 Å². The van der Waals surface area contributed by atoms with E-state index in [0.29, 0.717) is 34.7 Å². The van der Waals surface area contributed by atoms with E-state index in [1.165, 1.54) is 25.3 Å². The summed E-state index contributed by atoms with van der Waals surface area (Å²) in [5, 5.41) is 0.496. The van der Waals surface area contributed by atoms with E-state index in [9.17, 15) is 9.18 Å². The molecule has 1 aliphatic heterocycles. The fraction of sp³-hybridized carbons (Fsp3) is 0.464. The highest BCUT2D eigenvalue weighted by molar-refractivity contribution is 5.88. The second-order valence-corrected chi connectivity index (χ2v) is 10.5. The molecule has 8 heteroatoms. The fourth-order valence-electron chi connectivity index (χ4n) is 4.70. The van der Waals surface area contributed by atoms with Gasteiger partial charge in [0.1, 0.15) is 17.2 Å². The lowest BCUT2D eigenvalue weighted by atomic mass is 9.89. The molecular formula is C28H35F2N3O3. The predicted molar refractivity (Wildman–Crippen MR) is 137 cm³/mol. The summed E-state index contributed by atoms with van der Waals surface area (Å²) >= 11 is 0. The van der Waals surface area contributed by atoms with E-state index in [4.69, 9.17) is 9.47 Å². The van der Waals surface area contributed by atoms with Crippen LogP contribution in [0.2, 0.25) is 0 Å². The van der Waals surface area contributed by atoms with Gasteiger partial charge in [-0.2, -0.15) is 0 Å². The topological polar surface area (TPSA) is 57.8 Å². The first-order valence-electron chi connectivity index (χ1n) is 12.4. The van der Waals surface area contributed by atoms with Crippen LogP contribution in [-0.4, -0.2) is 66.8 Å². The standard InChI is InChI=1S/C28H35F2N3O3/c1-28(2,3)36-27(34)32(4)14-15-33-12-10-18(11-13-33)19-6-8-23-21(16-19)25(30)26(31-23)22-17-20(29)7-9-24(22)35-5/h6-9,16-18,31H,10-15H2,1-5H3. The number of methoxy groups -OCH3 is 1. The third kappa shape index (κ3) is 5.81.